The van der Waals surface area contributed by atoms with Crippen LogP contribution in [0, 0.1) is 0 Å². The van der Waals surface area contributed by atoms with E-state index in [0.717, 1.165) is 0 Å². The highest BCUT2D eigenvalue weighted by molar-refractivity contribution is 7.89. The van der Waals surface area contributed by atoms with Crippen molar-refractivity contribution in [1.82, 2.24) is 10.2 Å². The molecule has 11 heteroatoms. The first-order chi connectivity index (χ1) is 11.3. The molecule has 0 fully saturated rings. The second-order valence-electron chi connectivity index (χ2n) is 4.77. The molecular formula is C13H21N5O5S. The zero-order valence-electron chi connectivity index (χ0n) is 13.1. The molecule has 0 spiro atoms. The average Bonchev–Trinajstić information content (AvgIpc) is 2.56. The third-order valence-electron chi connectivity index (χ3n) is 3.04. The number of methoxy groups -OCH3 is 1. The quantitative estimate of drug-likeness (QED) is 0.122. The summed E-state index contributed by atoms with van der Waals surface area (Å²) in [5, 5.41) is 8.77. The molecule has 1 atom stereocenters. The van der Waals surface area contributed by atoms with Crippen molar-refractivity contribution in [2.24, 2.45) is 16.5 Å². The Hall–Kier alpha value is -2.37. The fraction of sp³-hybridized carbons (Fsp3) is 0.385. The molecule has 0 radical (unpaired) electrons. The highest BCUT2D eigenvalue weighted by atomic mass is 32.2. The van der Waals surface area contributed by atoms with Crippen LogP contribution in [0.1, 0.15) is 12.8 Å². The standard InChI is InChI=1S/C13H21N5O5S/c1-23-9-4-6-10(7-5-9)24(21,22)18-11(12(19)17-20)3-2-8-16-13(14)15/h4-7,11,18,20H,2-3,8H2,1H3,(H,17,19)(H4,14,15,16). The number of nitrogens with one attached hydrogen (secondary N) is 2. The molecule has 0 aliphatic heterocycles. The minimum Gasteiger partial charge on any atom is -0.497 e. The summed E-state index contributed by atoms with van der Waals surface area (Å²) >= 11 is 0. The highest BCUT2D eigenvalue weighted by Crippen LogP contribution is 2.16. The Bertz CT molecular complexity index is 670. The second kappa shape index (κ2) is 9.05. The second-order valence-corrected chi connectivity index (χ2v) is 6.49. The first kappa shape index (κ1) is 19.7. The lowest BCUT2D eigenvalue weighted by atomic mass is 10.1. The number of carbonyl (C=O) groups excluding carboxylic acids is 1. The summed E-state index contributed by atoms with van der Waals surface area (Å²) < 4.78 is 31.8. The van der Waals surface area contributed by atoms with Crippen LogP contribution in [0.25, 0.3) is 0 Å². The Morgan fingerprint density at radius 3 is 2.46 bits per heavy atom. The van der Waals surface area contributed by atoms with Gasteiger partial charge in [0.15, 0.2) is 5.96 Å². The number of rotatable bonds is 9. The van der Waals surface area contributed by atoms with Gasteiger partial charge in [0.1, 0.15) is 11.8 Å². The summed E-state index contributed by atoms with van der Waals surface area (Å²) in [6, 6.07) is 4.47. The highest BCUT2D eigenvalue weighted by Gasteiger charge is 2.25. The lowest BCUT2D eigenvalue weighted by Gasteiger charge is -2.16. The maximum atomic E-state index is 12.3. The molecule has 0 saturated heterocycles. The van der Waals surface area contributed by atoms with Crippen molar-refractivity contribution < 1.29 is 23.2 Å². The number of carbonyl (C=O) groups is 1. The van der Waals surface area contributed by atoms with Crippen molar-refractivity contribution in [3.05, 3.63) is 24.3 Å². The van der Waals surface area contributed by atoms with Gasteiger partial charge in [-0.05, 0) is 37.1 Å². The number of aliphatic imine (C=N–C) groups is 1. The van der Waals surface area contributed by atoms with E-state index in [-0.39, 0.29) is 23.8 Å². The molecular weight excluding hydrogens is 338 g/mol. The summed E-state index contributed by atoms with van der Waals surface area (Å²) in [5.74, 6) is -0.482. The van der Waals surface area contributed by atoms with Gasteiger partial charge in [-0.1, -0.05) is 0 Å². The van der Waals surface area contributed by atoms with Crippen molar-refractivity contribution in [1.29, 1.82) is 0 Å². The van der Waals surface area contributed by atoms with Gasteiger partial charge in [0.05, 0.1) is 12.0 Å². The van der Waals surface area contributed by atoms with Crippen LogP contribution in [0.4, 0.5) is 0 Å². The molecule has 24 heavy (non-hydrogen) atoms. The lowest BCUT2D eigenvalue weighted by molar-refractivity contribution is -0.131. The molecule has 0 saturated carbocycles. The van der Waals surface area contributed by atoms with Gasteiger partial charge in [0, 0.05) is 6.54 Å². The third kappa shape index (κ3) is 6.02. The number of guanidine groups is 1. The number of amides is 1. The normalized spacial score (nSPS) is 12.2. The van der Waals surface area contributed by atoms with Crippen molar-refractivity contribution in [2.75, 3.05) is 13.7 Å². The first-order valence-corrected chi connectivity index (χ1v) is 8.44. The monoisotopic (exact) mass is 359 g/mol. The predicted molar refractivity (Wildman–Crippen MR) is 86.9 cm³/mol. The van der Waals surface area contributed by atoms with E-state index in [4.69, 9.17) is 21.4 Å². The van der Waals surface area contributed by atoms with Gasteiger partial charge in [-0.25, -0.2) is 13.9 Å². The van der Waals surface area contributed by atoms with E-state index in [2.05, 4.69) is 9.71 Å². The summed E-state index contributed by atoms with van der Waals surface area (Å²) in [6.45, 7) is 0.224. The van der Waals surface area contributed by atoms with Crippen molar-refractivity contribution in [3.63, 3.8) is 0 Å². The Balaban J connectivity index is 2.82. The van der Waals surface area contributed by atoms with Gasteiger partial charge < -0.3 is 16.2 Å². The van der Waals surface area contributed by atoms with Crippen LogP contribution in [0.2, 0.25) is 0 Å². The van der Waals surface area contributed by atoms with Crippen LogP contribution >= 0.6 is 0 Å². The van der Waals surface area contributed by atoms with Gasteiger partial charge in [0.25, 0.3) is 5.91 Å². The molecule has 1 aromatic carbocycles. The van der Waals surface area contributed by atoms with E-state index >= 15 is 0 Å². The zero-order valence-corrected chi connectivity index (χ0v) is 13.9. The number of hydrogen-bond acceptors (Lipinski definition) is 6. The molecule has 0 bridgehead atoms. The molecule has 7 N–H and O–H groups in total. The molecule has 0 aliphatic rings. The molecule has 10 nitrogen and oxygen atoms in total. The lowest BCUT2D eigenvalue weighted by Crippen LogP contribution is -2.45. The Kier molecular flexibility index (Phi) is 7.42. The van der Waals surface area contributed by atoms with Crippen molar-refractivity contribution in [2.45, 2.75) is 23.8 Å². The van der Waals surface area contributed by atoms with Crippen LogP contribution in [0.3, 0.4) is 0 Å². The number of ether oxygens (including phenoxy) is 1. The van der Waals surface area contributed by atoms with Crippen LogP contribution in [0.5, 0.6) is 5.75 Å². The SMILES string of the molecule is COc1ccc(S(=O)(=O)NC(CCCN=C(N)N)C(=O)NO)cc1. The van der Waals surface area contributed by atoms with Gasteiger partial charge >= 0.3 is 0 Å². The number of hydroxylamine groups is 1. The molecule has 1 rings (SSSR count). The number of benzene rings is 1. The fourth-order valence-corrected chi connectivity index (χ4v) is 3.07. The van der Waals surface area contributed by atoms with E-state index in [9.17, 15) is 13.2 Å². The molecule has 0 aromatic heterocycles. The fourth-order valence-electron chi connectivity index (χ4n) is 1.84. The predicted octanol–water partition coefficient (Wildman–Crippen LogP) is -1.10. The number of hydrogen-bond donors (Lipinski definition) is 5. The summed E-state index contributed by atoms with van der Waals surface area (Å²) in [5.41, 5.74) is 11.8. The van der Waals surface area contributed by atoms with E-state index < -0.39 is 22.0 Å². The number of sulfonamides is 1. The number of nitrogens with two attached hydrogens (primary N) is 2. The minimum atomic E-state index is -3.96. The van der Waals surface area contributed by atoms with E-state index in [1.807, 2.05) is 0 Å². The Morgan fingerprint density at radius 2 is 1.96 bits per heavy atom. The van der Waals surface area contributed by atoms with Crippen LogP contribution < -0.4 is 26.4 Å². The van der Waals surface area contributed by atoms with Crippen LogP contribution in [-0.4, -0.2) is 45.2 Å². The van der Waals surface area contributed by atoms with Crippen molar-refractivity contribution >= 4 is 21.9 Å². The molecule has 0 heterocycles. The number of nitrogens with zero attached hydrogens (tertiary/aromatic N) is 1. The van der Waals surface area contributed by atoms with Gasteiger partial charge in [0.2, 0.25) is 10.0 Å². The first-order valence-electron chi connectivity index (χ1n) is 6.96. The van der Waals surface area contributed by atoms with Gasteiger partial charge in [-0.15, -0.1) is 0 Å². The van der Waals surface area contributed by atoms with E-state index in [0.29, 0.717) is 12.2 Å². The summed E-state index contributed by atoms with van der Waals surface area (Å²) in [7, 11) is -2.50. The Morgan fingerprint density at radius 1 is 1.33 bits per heavy atom. The van der Waals surface area contributed by atoms with Gasteiger partial charge in [-0.2, -0.15) is 4.72 Å². The van der Waals surface area contributed by atoms with Crippen LogP contribution in [0.15, 0.2) is 34.2 Å². The average molecular weight is 359 g/mol. The molecule has 1 unspecified atom stereocenters. The molecule has 1 aromatic rings. The van der Waals surface area contributed by atoms with Crippen molar-refractivity contribution in [3.8, 4) is 5.75 Å². The maximum Gasteiger partial charge on any atom is 0.261 e. The third-order valence-corrected chi connectivity index (χ3v) is 4.53. The molecule has 134 valence electrons. The molecule has 1 amide bonds. The summed E-state index contributed by atoms with van der Waals surface area (Å²) in [6.07, 6.45) is 0.430. The minimum absolute atomic E-state index is 0.0386. The van der Waals surface area contributed by atoms with Gasteiger partial charge in [-0.3, -0.25) is 15.0 Å². The smallest absolute Gasteiger partial charge is 0.261 e. The van der Waals surface area contributed by atoms with Crippen LogP contribution in [-0.2, 0) is 14.8 Å². The van der Waals surface area contributed by atoms with E-state index in [1.165, 1.54) is 36.9 Å². The maximum absolute atomic E-state index is 12.3. The Labute approximate surface area is 139 Å². The zero-order chi connectivity index (χ0) is 18.2. The topological polar surface area (TPSA) is 169 Å². The largest absolute Gasteiger partial charge is 0.497 e. The van der Waals surface area contributed by atoms with E-state index in [1.54, 1.807) is 0 Å². The summed E-state index contributed by atoms with van der Waals surface area (Å²) in [4.78, 5) is 15.4. The molecule has 0 aliphatic carbocycles.